The summed E-state index contributed by atoms with van der Waals surface area (Å²) in [5.74, 6) is -1.82. The molecule has 0 unspecified atom stereocenters. The lowest BCUT2D eigenvalue weighted by atomic mass is 9.96. The van der Waals surface area contributed by atoms with Gasteiger partial charge in [-0.3, -0.25) is 19.1 Å². The predicted octanol–water partition coefficient (Wildman–Crippen LogP) is 4.06. The first-order valence-electron chi connectivity index (χ1n) is 13.1. The molecule has 3 heterocycles. The summed E-state index contributed by atoms with van der Waals surface area (Å²) >= 11 is 13.1. The van der Waals surface area contributed by atoms with Crippen LogP contribution in [0.3, 0.4) is 0 Å². The standard InChI is InChI=1S/C27H30Cl2F3N5O6S/c1-26(2,3)35-12-15(13-35)36(24(39)27(30,31)32)7-8-37-22-14(11-33-25(34-22)44(6,40)41)9-16(23(37)38)19-20(28)17(42-4)10-18(43-5)21(19)29/h9-11,15H,7-8,12-13H2,1-6H3. The average Bonchev–Trinajstić information content (AvgIpc) is 2.88. The molecule has 44 heavy (non-hydrogen) atoms. The molecule has 4 rings (SSSR count). The second-order valence-corrected chi connectivity index (χ2v) is 13.9. The maximum absolute atomic E-state index is 14.1. The Morgan fingerprint density at radius 3 is 2.14 bits per heavy atom. The van der Waals surface area contributed by atoms with Crippen LogP contribution >= 0.6 is 23.2 Å². The van der Waals surface area contributed by atoms with E-state index in [4.69, 9.17) is 32.7 Å². The fraction of sp³-hybridized carbons (Fsp3) is 0.481. The van der Waals surface area contributed by atoms with Crippen molar-refractivity contribution in [2.45, 2.75) is 50.2 Å². The van der Waals surface area contributed by atoms with Crippen LogP contribution < -0.4 is 15.0 Å². The highest BCUT2D eigenvalue weighted by Gasteiger charge is 2.48. The number of nitrogens with zero attached hydrogens (tertiary/aromatic N) is 5. The van der Waals surface area contributed by atoms with E-state index in [0.29, 0.717) is 4.90 Å². The summed E-state index contributed by atoms with van der Waals surface area (Å²) in [6.07, 6.45) is -3.14. The quantitative estimate of drug-likeness (QED) is 0.324. The highest BCUT2D eigenvalue weighted by Crippen LogP contribution is 2.45. The number of alkyl halides is 3. The van der Waals surface area contributed by atoms with Crippen molar-refractivity contribution in [1.29, 1.82) is 0 Å². The number of aromatic nitrogens is 3. The Morgan fingerprint density at radius 2 is 1.66 bits per heavy atom. The van der Waals surface area contributed by atoms with E-state index in [1.165, 1.54) is 26.4 Å². The molecule has 0 aliphatic carbocycles. The van der Waals surface area contributed by atoms with E-state index in [0.717, 1.165) is 17.0 Å². The molecule has 0 atom stereocenters. The van der Waals surface area contributed by atoms with Gasteiger partial charge in [0.1, 0.15) is 17.1 Å². The van der Waals surface area contributed by atoms with Crippen molar-refractivity contribution < 1.29 is 35.9 Å². The van der Waals surface area contributed by atoms with Gasteiger partial charge in [-0.25, -0.2) is 13.4 Å². The van der Waals surface area contributed by atoms with Crippen LogP contribution in [0, 0.1) is 0 Å². The number of hydrogen-bond donors (Lipinski definition) is 0. The van der Waals surface area contributed by atoms with E-state index < -0.39 is 51.8 Å². The molecular formula is C27H30Cl2F3N5O6S. The van der Waals surface area contributed by atoms with Crippen LogP contribution in [-0.2, 0) is 21.2 Å². The normalized spacial score (nSPS) is 14.9. The van der Waals surface area contributed by atoms with Gasteiger partial charge in [-0.05, 0) is 26.8 Å². The molecule has 1 aromatic carbocycles. The summed E-state index contributed by atoms with van der Waals surface area (Å²) in [6.45, 7) is 5.07. The average molecular weight is 681 g/mol. The van der Waals surface area contributed by atoms with Crippen LogP contribution in [-0.4, -0.2) is 96.5 Å². The summed E-state index contributed by atoms with van der Waals surface area (Å²) in [5, 5.41) is -0.564. The lowest BCUT2D eigenvalue weighted by Gasteiger charge is -2.51. The number of hydrogen-bond acceptors (Lipinski definition) is 9. The topological polar surface area (TPSA) is 124 Å². The molecule has 0 spiro atoms. The lowest BCUT2D eigenvalue weighted by Crippen LogP contribution is -2.67. The Bertz CT molecular complexity index is 1760. The van der Waals surface area contributed by atoms with Crippen LogP contribution in [0.5, 0.6) is 11.5 Å². The largest absolute Gasteiger partial charge is 0.495 e. The molecule has 0 bridgehead atoms. The maximum atomic E-state index is 14.1. The number of fused-ring (bicyclic) bond motifs is 1. The summed E-state index contributed by atoms with van der Waals surface area (Å²) in [4.78, 5) is 37.2. The van der Waals surface area contributed by atoms with Crippen molar-refractivity contribution >= 4 is 50.0 Å². The third kappa shape index (κ3) is 6.46. The number of benzene rings is 1. The van der Waals surface area contributed by atoms with Crippen molar-refractivity contribution in [3.63, 3.8) is 0 Å². The van der Waals surface area contributed by atoms with Crippen LogP contribution in [0.1, 0.15) is 20.8 Å². The van der Waals surface area contributed by atoms with Gasteiger partial charge in [0.15, 0.2) is 0 Å². The second kappa shape index (κ2) is 12.0. The number of likely N-dealkylation sites (tertiary alicyclic amines) is 1. The van der Waals surface area contributed by atoms with Crippen LogP contribution in [0.2, 0.25) is 10.0 Å². The third-order valence-corrected chi connectivity index (χ3v) is 8.91. The van der Waals surface area contributed by atoms with Gasteiger partial charge in [0.25, 0.3) is 5.56 Å². The molecule has 0 saturated carbocycles. The SMILES string of the molecule is COc1cc(OC)c(Cl)c(-c2cc3cnc(S(C)(=O)=O)nc3n(CCN(C(=O)C(F)(F)F)C3CN(C(C)(C)C)C3)c2=O)c1Cl. The van der Waals surface area contributed by atoms with Gasteiger partial charge >= 0.3 is 12.1 Å². The Hall–Kier alpha value is -3.14. The smallest absolute Gasteiger partial charge is 0.471 e. The van der Waals surface area contributed by atoms with Gasteiger partial charge in [-0.1, -0.05) is 23.2 Å². The number of sulfone groups is 1. The molecule has 240 valence electrons. The minimum Gasteiger partial charge on any atom is -0.495 e. The zero-order valence-electron chi connectivity index (χ0n) is 24.6. The van der Waals surface area contributed by atoms with E-state index in [1.807, 2.05) is 25.7 Å². The van der Waals surface area contributed by atoms with Crippen LogP contribution in [0.15, 0.2) is 28.3 Å². The molecular weight excluding hydrogens is 650 g/mol. The highest BCUT2D eigenvalue weighted by atomic mass is 35.5. The van der Waals surface area contributed by atoms with Gasteiger partial charge in [0.05, 0.1) is 35.9 Å². The summed E-state index contributed by atoms with van der Waals surface area (Å²) in [6, 6.07) is 1.97. The zero-order valence-corrected chi connectivity index (χ0v) is 26.9. The van der Waals surface area contributed by atoms with Gasteiger partial charge in [-0.2, -0.15) is 18.2 Å². The van der Waals surface area contributed by atoms with E-state index in [1.54, 1.807) is 0 Å². The van der Waals surface area contributed by atoms with Gasteiger partial charge in [-0.15, -0.1) is 0 Å². The molecule has 0 radical (unpaired) electrons. The fourth-order valence-corrected chi connectivity index (χ4v) is 6.05. The van der Waals surface area contributed by atoms with Crippen LogP contribution in [0.4, 0.5) is 13.2 Å². The first kappa shape index (κ1) is 33.7. The molecule has 1 saturated heterocycles. The van der Waals surface area contributed by atoms with Crippen molar-refractivity contribution in [1.82, 2.24) is 24.3 Å². The number of carbonyl (C=O) groups is 1. The minimum atomic E-state index is -5.17. The molecule has 1 amide bonds. The van der Waals surface area contributed by atoms with Gasteiger partial charge in [0.2, 0.25) is 15.0 Å². The maximum Gasteiger partial charge on any atom is 0.471 e. The number of pyridine rings is 1. The minimum absolute atomic E-state index is 0.000379. The highest BCUT2D eigenvalue weighted by molar-refractivity contribution is 7.90. The first-order valence-corrected chi connectivity index (χ1v) is 15.8. The molecule has 11 nitrogen and oxygen atoms in total. The van der Waals surface area contributed by atoms with E-state index >= 15 is 0 Å². The second-order valence-electron chi connectivity index (χ2n) is 11.2. The Balaban J connectivity index is 1.91. The summed E-state index contributed by atoms with van der Waals surface area (Å²) in [5.41, 5.74) is -1.45. The van der Waals surface area contributed by atoms with Crippen molar-refractivity contribution in [3.05, 3.63) is 38.7 Å². The van der Waals surface area contributed by atoms with Gasteiger partial charge < -0.3 is 14.4 Å². The van der Waals surface area contributed by atoms with Crippen molar-refractivity contribution in [2.24, 2.45) is 0 Å². The third-order valence-electron chi connectivity index (χ3n) is 7.30. The van der Waals surface area contributed by atoms with Gasteiger partial charge in [0, 0.05) is 61.2 Å². The Morgan fingerprint density at radius 1 is 1.09 bits per heavy atom. The van der Waals surface area contributed by atoms with Crippen LogP contribution in [0.25, 0.3) is 22.2 Å². The van der Waals surface area contributed by atoms with Crippen molar-refractivity contribution in [3.8, 4) is 22.6 Å². The number of carbonyl (C=O) groups excluding carboxylic acids is 1. The number of methoxy groups -OCH3 is 2. The molecule has 3 aromatic rings. The lowest BCUT2D eigenvalue weighted by molar-refractivity contribution is -0.192. The number of amides is 1. The fourth-order valence-electron chi connectivity index (χ4n) is 4.85. The molecule has 17 heteroatoms. The first-order chi connectivity index (χ1) is 20.3. The molecule has 2 aromatic heterocycles. The van der Waals surface area contributed by atoms with E-state index in [2.05, 4.69) is 9.97 Å². The summed E-state index contributed by atoms with van der Waals surface area (Å²) in [7, 11) is -1.27. The molecule has 0 N–H and O–H groups in total. The zero-order chi connectivity index (χ0) is 32.9. The monoisotopic (exact) mass is 679 g/mol. The Labute approximate surface area is 261 Å². The number of ether oxygens (including phenoxy) is 2. The number of halogens is 5. The number of rotatable bonds is 8. The Kier molecular flexibility index (Phi) is 9.19. The molecule has 1 fully saturated rings. The molecule has 1 aliphatic rings. The van der Waals surface area contributed by atoms with E-state index in [9.17, 15) is 31.2 Å². The molecule has 1 aliphatic heterocycles. The summed E-state index contributed by atoms with van der Waals surface area (Å²) < 4.78 is 77.2. The van der Waals surface area contributed by atoms with Crippen molar-refractivity contribution in [2.75, 3.05) is 40.1 Å². The predicted molar refractivity (Wildman–Crippen MR) is 158 cm³/mol. The van der Waals surface area contributed by atoms with E-state index in [-0.39, 0.29) is 62.3 Å².